The summed E-state index contributed by atoms with van der Waals surface area (Å²) in [6.07, 6.45) is 2.47. The SMILES string of the molecule is O=C(Cc1c[nH]c2ccccc12)N1CCSCC1. The largest absolute Gasteiger partial charge is 0.361 e. The summed E-state index contributed by atoms with van der Waals surface area (Å²) >= 11 is 1.93. The van der Waals surface area contributed by atoms with Gasteiger partial charge in [0.05, 0.1) is 6.42 Å². The van der Waals surface area contributed by atoms with E-state index in [1.165, 1.54) is 0 Å². The molecule has 0 spiro atoms. The van der Waals surface area contributed by atoms with Gasteiger partial charge in [0, 0.05) is 41.7 Å². The maximum absolute atomic E-state index is 12.2. The molecule has 1 N–H and O–H groups in total. The molecule has 1 aliphatic rings. The van der Waals surface area contributed by atoms with Crippen LogP contribution in [0.2, 0.25) is 0 Å². The van der Waals surface area contributed by atoms with Crippen LogP contribution in [-0.4, -0.2) is 40.4 Å². The minimum absolute atomic E-state index is 0.250. The second-order valence-electron chi connectivity index (χ2n) is 4.53. The molecule has 0 aliphatic carbocycles. The number of thioether (sulfide) groups is 1. The summed E-state index contributed by atoms with van der Waals surface area (Å²) in [7, 11) is 0. The van der Waals surface area contributed by atoms with Crippen molar-refractivity contribution in [3.05, 3.63) is 36.0 Å². The number of para-hydroxylation sites is 1. The Hall–Kier alpha value is -1.42. The summed E-state index contributed by atoms with van der Waals surface area (Å²) in [5, 5.41) is 1.16. The molecule has 3 nitrogen and oxygen atoms in total. The predicted molar refractivity (Wildman–Crippen MR) is 75.9 cm³/mol. The molecule has 94 valence electrons. The van der Waals surface area contributed by atoms with Gasteiger partial charge >= 0.3 is 0 Å². The molecule has 0 radical (unpaired) electrons. The highest BCUT2D eigenvalue weighted by atomic mass is 32.2. The van der Waals surface area contributed by atoms with Crippen LogP contribution in [0.3, 0.4) is 0 Å². The monoisotopic (exact) mass is 260 g/mol. The van der Waals surface area contributed by atoms with Crippen LogP contribution in [0.25, 0.3) is 10.9 Å². The number of hydrogen-bond donors (Lipinski definition) is 1. The van der Waals surface area contributed by atoms with E-state index in [1.807, 2.05) is 41.1 Å². The molecule has 3 rings (SSSR count). The molecule has 0 atom stereocenters. The van der Waals surface area contributed by atoms with E-state index in [1.54, 1.807) is 0 Å². The highest BCUT2D eigenvalue weighted by Crippen LogP contribution is 2.19. The summed E-state index contributed by atoms with van der Waals surface area (Å²) < 4.78 is 0. The first-order chi connectivity index (χ1) is 8.84. The van der Waals surface area contributed by atoms with Crippen molar-refractivity contribution in [1.29, 1.82) is 0 Å². The Kier molecular flexibility index (Phi) is 3.28. The predicted octanol–water partition coefficient (Wildman–Crippen LogP) is 2.29. The lowest BCUT2D eigenvalue weighted by Crippen LogP contribution is -2.38. The standard InChI is InChI=1S/C14H16N2OS/c17-14(16-5-7-18-8-6-16)9-11-10-15-13-4-2-1-3-12(11)13/h1-4,10,15H,5-9H2. The molecular formula is C14H16N2OS. The van der Waals surface area contributed by atoms with Crippen LogP contribution in [0, 0.1) is 0 Å². The van der Waals surface area contributed by atoms with Gasteiger partial charge in [0.1, 0.15) is 0 Å². The number of benzene rings is 1. The molecule has 1 fully saturated rings. The molecule has 18 heavy (non-hydrogen) atoms. The molecule has 1 aromatic carbocycles. The van der Waals surface area contributed by atoms with Gasteiger partial charge < -0.3 is 9.88 Å². The highest BCUT2D eigenvalue weighted by molar-refractivity contribution is 7.99. The fourth-order valence-electron chi connectivity index (χ4n) is 2.37. The molecule has 1 saturated heterocycles. The average Bonchev–Trinajstić information content (AvgIpc) is 2.83. The number of carbonyl (C=O) groups is 1. The number of hydrogen-bond acceptors (Lipinski definition) is 2. The maximum atomic E-state index is 12.2. The molecule has 2 heterocycles. The van der Waals surface area contributed by atoms with E-state index in [0.29, 0.717) is 6.42 Å². The first-order valence-corrected chi connectivity index (χ1v) is 7.40. The van der Waals surface area contributed by atoms with Crippen LogP contribution in [0.4, 0.5) is 0 Å². The molecule has 0 unspecified atom stereocenters. The molecule has 2 aromatic rings. The number of amides is 1. The van der Waals surface area contributed by atoms with E-state index in [9.17, 15) is 4.79 Å². The molecular weight excluding hydrogens is 244 g/mol. The lowest BCUT2D eigenvalue weighted by molar-refractivity contribution is -0.130. The number of H-pyrrole nitrogens is 1. The quantitative estimate of drug-likeness (QED) is 0.899. The Morgan fingerprint density at radius 3 is 2.89 bits per heavy atom. The van der Waals surface area contributed by atoms with E-state index < -0.39 is 0 Å². The topological polar surface area (TPSA) is 36.1 Å². The van der Waals surface area contributed by atoms with E-state index >= 15 is 0 Å². The minimum Gasteiger partial charge on any atom is -0.361 e. The van der Waals surface area contributed by atoms with E-state index in [2.05, 4.69) is 11.1 Å². The summed E-state index contributed by atoms with van der Waals surface area (Å²) in [6, 6.07) is 8.13. The molecule has 1 aliphatic heterocycles. The Labute approximate surface area is 111 Å². The molecule has 1 aromatic heterocycles. The van der Waals surface area contributed by atoms with Gasteiger partial charge in [0.25, 0.3) is 0 Å². The van der Waals surface area contributed by atoms with Crippen LogP contribution in [0.5, 0.6) is 0 Å². The van der Waals surface area contributed by atoms with Crippen LogP contribution < -0.4 is 0 Å². The average molecular weight is 260 g/mol. The number of carbonyl (C=O) groups excluding carboxylic acids is 1. The van der Waals surface area contributed by atoms with Crippen molar-refractivity contribution >= 4 is 28.6 Å². The second-order valence-corrected chi connectivity index (χ2v) is 5.75. The van der Waals surface area contributed by atoms with Crippen LogP contribution in [0.15, 0.2) is 30.5 Å². The van der Waals surface area contributed by atoms with Crippen molar-refractivity contribution in [3.8, 4) is 0 Å². The summed E-state index contributed by atoms with van der Waals surface area (Å²) in [6.45, 7) is 1.79. The Balaban J connectivity index is 1.77. The van der Waals surface area contributed by atoms with Gasteiger partial charge in [-0.1, -0.05) is 18.2 Å². The van der Waals surface area contributed by atoms with E-state index in [-0.39, 0.29) is 5.91 Å². The first-order valence-electron chi connectivity index (χ1n) is 6.25. The highest BCUT2D eigenvalue weighted by Gasteiger charge is 2.18. The zero-order chi connectivity index (χ0) is 12.4. The summed E-state index contributed by atoms with van der Waals surface area (Å²) in [5.41, 5.74) is 2.21. The van der Waals surface area contributed by atoms with Crippen molar-refractivity contribution in [2.24, 2.45) is 0 Å². The Morgan fingerprint density at radius 1 is 1.28 bits per heavy atom. The number of nitrogens with zero attached hydrogens (tertiary/aromatic N) is 1. The number of nitrogens with one attached hydrogen (secondary N) is 1. The zero-order valence-corrected chi connectivity index (χ0v) is 11.0. The van der Waals surface area contributed by atoms with Crippen molar-refractivity contribution in [2.45, 2.75) is 6.42 Å². The van der Waals surface area contributed by atoms with Crippen LogP contribution in [-0.2, 0) is 11.2 Å². The third-order valence-corrected chi connectivity index (χ3v) is 4.32. The van der Waals surface area contributed by atoms with Gasteiger partial charge in [-0.2, -0.15) is 11.8 Å². The maximum Gasteiger partial charge on any atom is 0.227 e. The van der Waals surface area contributed by atoms with Gasteiger partial charge in [-0.05, 0) is 11.6 Å². The van der Waals surface area contributed by atoms with Gasteiger partial charge in [-0.3, -0.25) is 4.79 Å². The van der Waals surface area contributed by atoms with Crippen molar-refractivity contribution in [2.75, 3.05) is 24.6 Å². The van der Waals surface area contributed by atoms with Crippen LogP contribution in [0.1, 0.15) is 5.56 Å². The number of aromatic amines is 1. The molecule has 1 amide bonds. The molecule has 0 saturated carbocycles. The van der Waals surface area contributed by atoms with Gasteiger partial charge in [0.2, 0.25) is 5.91 Å². The smallest absolute Gasteiger partial charge is 0.227 e. The third kappa shape index (κ3) is 2.25. The third-order valence-electron chi connectivity index (χ3n) is 3.38. The van der Waals surface area contributed by atoms with Crippen molar-refractivity contribution in [1.82, 2.24) is 9.88 Å². The van der Waals surface area contributed by atoms with Crippen molar-refractivity contribution < 1.29 is 4.79 Å². The normalized spacial score (nSPS) is 16.1. The zero-order valence-electron chi connectivity index (χ0n) is 10.2. The second kappa shape index (κ2) is 5.06. The molecule has 4 heteroatoms. The van der Waals surface area contributed by atoms with Crippen LogP contribution >= 0.6 is 11.8 Å². The lowest BCUT2D eigenvalue weighted by Gasteiger charge is -2.26. The van der Waals surface area contributed by atoms with Crippen molar-refractivity contribution in [3.63, 3.8) is 0 Å². The lowest BCUT2D eigenvalue weighted by atomic mass is 10.1. The van der Waals surface area contributed by atoms with Gasteiger partial charge in [-0.15, -0.1) is 0 Å². The number of aromatic nitrogens is 1. The Morgan fingerprint density at radius 2 is 2.06 bits per heavy atom. The summed E-state index contributed by atoms with van der Waals surface area (Å²) in [5.74, 6) is 2.39. The fraction of sp³-hybridized carbons (Fsp3) is 0.357. The Bertz CT molecular complexity index is 558. The first kappa shape index (κ1) is 11.7. The minimum atomic E-state index is 0.250. The fourth-order valence-corrected chi connectivity index (χ4v) is 3.27. The van der Waals surface area contributed by atoms with E-state index in [4.69, 9.17) is 0 Å². The summed E-state index contributed by atoms with van der Waals surface area (Å²) in [4.78, 5) is 17.4. The van der Waals surface area contributed by atoms with Gasteiger partial charge in [0.15, 0.2) is 0 Å². The number of rotatable bonds is 2. The molecule has 0 bridgehead atoms. The van der Waals surface area contributed by atoms with E-state index in [0.717, 1.165) is 41.1 Å². The number of fused-ring (bicyclic) bond motifs is 1. The van der Waals surface area contributed by atoms with Gasteiger partial charge in [-0.25, -0.2) is 0 Å².